The molecule has 174 valence electrons. The Labute approximate surface area is 177 Å². The third-order valence-corrected chi connectivity index (χ3v) is 4.83. The highest BCUT2D eigenvalue weighted by Crippen LogP contribution is 2.41. The van der Waals surface area contributed by atoms with E-state index in [4.69, 9.17) is 14.6 Å². The monoisotopic (exact) mass is 446 g/mol. The van der Waals surface area contributed by atoms with Crippen LogP contribution in [0.5, 0.6) is 5.75 Å². The van der Waals surface area contributed by atoms with E-state index in [2.05, 4.69) is 0 Å². The number of anilines is 1. The van der Waals surface area contributed by atoms with Gasteiger partial charge in [-0.2, -0.15) is 0 Å². The van der Waals surface area contributed by atoms with Crippen LogP contribution in [0.15, 0.2) is 24.3 Å². The second kappa shape index (κ2) is 9.32. The van der Waals surface area contributed by atoms with E-state index in [0.717, 1.165) is 6.92 Å². The molecule has 1 unspecified atom stereocenters. The van der Waals surface area contributed by atoms with Gasteiger partial charge in [-0.25, -0.2) is 9.18 Å². The molecule has 1 saturated heterocycles. The smallest absolute Gasteiger partial charge is 0.377 e. The number of alkyl halides is 1. The predicted molar refractivity (Wildman–Crippen MR) is 104 cm³/mol. The molecule has 0 aliphatic carbocycles. The van der Waals surface area contributed by atoms with Crippen LogP contribution in [-0.2, 0) is 14.3 Å². The molecule has 1 aliphatic heterocycles. The minimum Gasteiger partial charge on any atom is -0.476 e. The summed E-state index contributed by atoms with van der Waals surface area (Å²) >= 11 is 0. The quantitative estimate of drug-likeness (QED) is 0.279. The molecule has 31 heavy (non-hydrogen) atoms. The number of carbonyl (C=O) groups excluding carboxylic acids is 1. The topological polar surface area (TPSA) is 169 Å². The lowest BCUT2D eigenvalue weighted by atomic mass is 9.86. The number of aliphatic hydroxyl groups is 4. The molecule has 2 rings (SSSR count). The zero-order valence-corrected chi connectivity index (χ0v) is 17.2. The van der Waals surface area contributed by atoms with E-state index in [-0.39, 0.29) is 5.75 Å². The molecule has 6 N–H and O–H groups in total. The minimum atomic E-state index is -3.43. The maximum absolute atomic E-state index is 15.3. The summed E-state index contributed by atoms with van der Waals surface area (Å²) in [5, 5.41) is 51.5. The first kappa shape index (κ1) is 24.8. The van der Waals surface area contributed by atoms with Gasteiger partial charge in [-0.1, -0.05) is 6.07 Å². The van der Waals surface area contributed by atoms with Crippen molar-refractivity contribution in [3.8, 4) is 5.75 Å². The Morgan fingerprint density at radius 2 is 2.03 bits per heavy atom. The van der Waals surface area contributed by atoms with Crippen molar-refractivity contribution in [3.63, 3.8) is 0 Å². The van der Waals surface area contributed by atoms with Crippen molar-refractivity contribution in [1.82, 2.24) is 5.32 Å². The number of aliphatic carboxylic acids is 1. The summed E-state index contributed by atoms with van der Waals surface area (Å²) < 4.78 is 26.2. The summed E-state index contributed by atoms with van der Waals surface area (Å²) in [6, 6.07) is 4.10. The number of amides is 1. The Hall–Kier alpha value is -2.51. The lowest BCUT2D eigenvalue weighted by Gasteiger charge is -2.48. The van der Waals surface area contributed by atoms with Gasteiger partial charge in [0.25, 0.3) is 0 Å². The third-order valence-electron chi connectivity index (χ3n) is 4.83. The van der Waals surface area contributed by atoms with Crippen LogP contribution in [0, 0.1) is 0 Å². The van der Waals surface area contributed by atoms with Crippen LogP contribution >= 0.6 is 0 Å². The molecule has 0 saturated carbocycles. The first-order valence-corrected chi connectivity index (χ1v) is 9.36. The molecule has 12 heteroatoms. The number of rotatable bonds is 8. The largest absolute Gasteiger partial charge is 0.476 e. The van der Waals surface area contributed by atoms with E-state index in [1.807, 2.05) is 5.32 Å². The van der Waals surface area contributed by atoms with E-state index in [1.54, 1.807) is 31.1 Å². The van der Waals surface area contributed by atoms with Crippen LogP contribution in [0.1, 0.15) is 13.3 Å². The molecule has 1 aromatic carbocycles. The molecule has 1 fully saturated rings. The Kier molecular flexibility index (Phi) is 7.44. The first-order valence-electron chi connectivity index (χ1n) is 9.36. The zero-order chi connectivity index (χ0) is 23.6. The Bertz CT molecular complexity index is 806. The van der Waals surface area contributed by atoms with Gasteiger partial charge in [0.2, 0.25) is 11.8 Å². The van der Waals surface area contributed by atoms with Crippen LogP contribution in [0.2, 0.25) is 0 Å². The molecule has 0 radical (unpaired) electrons. The van der Waals surface area contributed by atoms with Crippen molar-refractivity contribution < 1.29 is 49.0 Å². The molecule has 11 nitrogen and oxygen atoms in total. The third kappa shape index (κ3) is 5.40. The highest BCUT2D eigenvalue weighted by atomic mass is 19.2. The van der Waals surface area contributed by atoms with Crippen molar-refractivity contribution in [2.75, 3.05) is 25.6 Å². The van der Waals surface area contributed by atoms with E-state index in [1.165, 1.54) is 12.1 Å². The molecule has 1 aliphatic rings. The summed E-state index contributed by atoms with van der Waals surface area (Å²) in [5.41, 5.74) is 0.618. The fourth-order valence-electron chi connectivity index (χ4n) is 3.27. The van der Waals surface area contributed by atoms with Crippen LogP contribution in [0.3, 0.4) is 0 Å². The van der Waals surface area contributed by atoms with Crippen molar-refractivity contribution >= 4 is 17.6 Å². The summed E-state index contributed by atoms with van der Waals surface area (Å²) in [4.78, 5) is 25.3. The number of nitrogens with zero attached hydrogens (tertiary/aromatic N) is 1. The van der Waals surface area contributed by atoms with Crippen molar-refractivity contribution in [2.45, 2.75) is 49.3 Å². The molecule has 1 heterocycles. The highest BCUT2D eigenvalue weighted by molar-refractivity contribution is 5.77. The summed E-state index contributed by atoms with van der Waals surface area (Å²) in [6.07, 6.45) is -7.24. The number of hydrogen-bond donors (Lipinski definition) is 6. The SMILES string of the molecule is CC(=O)N[C@H]1[C@H]([C@H](O)[C@H](O)CO)OC(Oc2cccc(N(C)C)c2)(C(=O)O)C[C@@]1(O)F. The summed E-state index contributed by atoms with van der Waals surface area (Å²) in [6.45, 7) is 0.0225. The number of benzene rings is 1. The maximum Gasteiger partial charge on any atom is 0.377 e. The number of carboxylic acid groups (broad SMARTS) is 1. The normalized spacial score (nSPS) is 30.2. The van der Waals surface area contributed by atoms with Gasteiger partial charge in [0, 0.05) is 32.8 Å². The van der Waals surface area contributed by atoms with Gasteiger partial charge >= 0.3 is 11.8 Å². The average molecular weight is 446 g/mol. The average Bonchev–Trinajstić information content (AvgIpc) is 2.68. The fourth-order valence-corrected chi connectivity index (χ4v) is 3.27. The van der Waals surface area contributed by atoms with Gasteiger partial charge in [-0.15, -0.1) is 0 Å². The molecule has 0 spiro atoms. The first-order chi connectivity index (χ1) is 14.3. The zero-order valence-electron chi connectivity index (χ0n) is 17.2. The second-order valence-corrected chi connectivity index (χ2v) is 7.55. The number of carbonyl (C=O) groups is 2. The van der Waals surface area contributed by atoms with Gasteiger partial charge in [0.1, 0.15) is 30.1 Å². The Morgan fingerprint density at radius 1 is 1.39 bits per heavy atom. The van der Waals surface area contributed by atoms with Gasteiger partial charge in [0.15, 0.2) is 0 Å². The number of halogens is 1. The Balaban J connectivity index is 2.51. The van der Waals surface area contributed by atoms with Crippen molar-refractivity contribution in [3.05, 3.63) is 24.3 Å². The second-order valence-electron chi connectivity index (χ2n) is 7.55. The molecule has 1 amide bonds. The van der Waals surface area contributed by atoms with Gasteiger partial charge in [-0.05, 0) is 12.1 Å². The maximum atomic E-state index is 15.3. The fraction of sp³-hybridized carbons (Fsp3) is 0.579. The number of aliphatic hydroxyl groups excluding tert-OH is 3. The van der Waals surface area contributed by atoms with E-state index >= 15 is 4.39 Å². The number of nitrogens with one attached hydrogen (secondary N) is 1. The predicted octanol–water partition coefficient (Wildman–Crippen LogP) is -1.42. The molecular weight excluding hydrogens is 419 g/mol. The van der Waals surface area contributed by atoms with Gasteiger partial charge in [0.05, 0.1) is 13.0 Å². The lowest BCUT2D eigenvalue weighted by molar-refractivity contribution is -0.325. The minimum absolute atomic E-state index is 0.0432. The van der Waals surface area contributed by atoms with Crippen LogP contribution in [0.4, 0.5) is 10.1 Å². The number of carboxylic acids is 1. The van der Waals surface area contributed by atoms with E-state index in [0.29, 0.717) is 5.69 Å². The molecule has 0 aromatic heterocycles. The van der Waals surface area contributed by atoms with Crippen LogP contribution in [-0.4, -0.2) is 94.1 Å². The van der Waals surface area contributed by atoms with Gasteiger partial charge < -0.3 is 45.2 Å². The summed E-state index contributed by atoms with van der Waals surface area (Å²) in [7, 11) is 3.45. The Morgan fingerprint density at radius 3 is 2.55 bits per heavy atom. The standard InChI is InChI=1S/C19H27FN2O9/c1-10(24)21-16-15(14(26)13(25)8-23)31-19(17(27)28,9-18(16,20)29)30-12-6-4-5-11(7-12)22(2)3/h4-7,13-16,23,25-26,29H,8-9H2,1-3H3,(H,21,24)(H,27,28)/t13-,14-,15+,16+,18+,19?/m1/s1. The summed E-state index contributed by atoms with van der Waals surface area (Å²) in [5.74, 6) is -8.94. The van der Waals surface area contributed by atoms with Crippen LogP contribution in [0.25, 0.3) is 0 Å². The molecular formula is C19H27FN2O9. The lowest BCUT2D eigenvalue weighted by Crippen LogP contribution is -2.72. The molecule has 1 aromatic rings. The number of hydrogen-bond acceptors (Lipinski definition) is 9. The number of ether oxygens (including phenoxy) is 2. The van der Waals surface area contributed by atoms with E-state index in [9.17, 15) is 30.0 Å². The van der Waals surface area contributed by atoms with Crippen molar-refractivity contribution in [1.29, 1.82) is 0 Å². The van der Waals surface area contributed by atoms with Gasteiger partial charge in [-0.3, -0.25) is 4.79 Å². The highest BCUT2D eigenvalue weighted by Gasteiger charge is 2.63. The molecule has 6 atom stereocenters. The molecule has 0 bridgehead atoms. The van der Waals surface area contributed by atoms with Crippen LogP contribution < -0.4 is 15.0 Å². The van der Waals surface area contributed by atoms with Crippen molar-refractivity contribution in [2.24, 2.45) is 0 Å². The van der Waals surface area contributed by atoms with E-state index < -0.39 is 60.9 Å².